The number of hydrogen-bond acceptors (Lipinski definition) is 9. The molecule has 1 aliphatic carbocycles. The highest BCUT2D eigenvalue weighted by atomic mass is 32.2. The molecule has 0 bridgehead atoms. The number of aromatic nitrogens is 2. The molecule has 1 aromatic heterocycles. The Hall–Kier alpha value is -3.16. The Morgan fingerprint density at radius 1 is 1.23 bits per heavy atom. The second kappa shape index (κ2) is 10.2. The SMILES string of the molecule is CCOc1cc(Nc2ncc(C(N)=O)c(NC3CC3)n2)ccc1N1CCN(S(=O)(=O)N(C)C)CC1. The first-order valence-corrected chi connectivity index (χ1v) is 13.0. The van der Waals surface area contributed by atoms with Crippen LogP contribution < -0.4 is 26.0 Å². The van der Waals surface area contributed by atoms with Crippen LogP contribution in [-0.4, -0.2) is 85.8 Å². The molecule has 1 saturated carbocycles. The third kappa shape index (κ3) is 5.74. The Labute approximate surface area is 205 Å². The molecule has 1 aliphatic heterocycles. The molecule has 1 aromatic carbocycles. The summed E-state index contributed by atoms with van der Waals surface area (Å²) in [4.78, 5) is 22.5. The summed E-state index contributed by atoms with van der Waals surface area (Å²) in [6, 6.07) is 5.99. The minimum atomic E-state index is -3.43. The topological polar surface area (TPSA) is 146 Å². The van der Waals surface area contributed by atoms with Gasteiger partial charge in [0.05, 0.1) is 17.9 Å². The van der Waals surface area contributed by atoms with E-state index in [1.54, 1.807) is 0 Å². The van der Waals surface area contributed by atoms with Crippen molar-refractivity contribution in [2.24, 2.45) is 5.73 Å². The van der Waals surface area contributed by atoms with Crippen molar-refractivity contribution < 1.29 is 17.9 Å². The number of nitrogens with two attached hydrogens (primary N) is 1. The van der Waals surface area contributed by atoms with E-state index in [1.165, 1.54) is 28.9 Å². The summed E-state index contributed by atoms with van der Waals surface area (Å²) in [6.45, 7) is 4.27. The van der Waals surface area contributed by atoms with Gasteiger partial charge in [0.1, 0.15) is 11.6 Å². The molecular formula is C22H32N8O4S. The number of piperazine rings is 1. The van der Waals surface area contributed by atoms with Crippen LogP contribution in [-0.2, 0) is 10.2 Å². The van der Waals surface area contributed by atoms with Crippen LogP contribution in [0.15, 0.2) is 24.4 Å². The van der Waals surface area contributed by atoms with Gasteiger partial charge >= 0.3 is 0 Å². The number of rotatable bonds is 10. The van der Waals surface area contributed by atoms with Gasteiger partial charge in [-0.15, -0.1) is 0 Å². The van der Waals surface area contributed by atoms with E-state index in [-0.39, 0.29) is 5.56 Å². The Kier molecular flexibility index (Phi) is 7.28. The molecule has 13 heteroatoms. The number of amides is 1. The molecular weight excluding hydrogens is 472 g/mol. The number of benzene rings is 1. The highest BCUT2D eigenvalue weighted by molar-refractivity contribution is 7.86. The summed E-state index contributed by atoms with van der Waals surface area (Å²) in [7, 11) is -0.355. The van der Waals surface area contributed by atoms with Gasteiger partial charge in [0, 0.05) is 64.3 Å². The van der Waals surface area contributed by atoms with Crippen molar-refractivity contribution in [1.82, 2.24) is 18.6 Å². The summed E-state index contributed by atoms with van der Waals surface area (Å²) >= 11 is 0. The van der Waals surface area contributed by atoms with E-state index >= 15 is 0 Å². The third-order valence-electron chi connectivity index (χ3n) is 5.86. The Morgan fingerprint density at radius 2 is 1.94 bits per heavy atom. The number of carbonyl (C=O) groups is 1. The zero-order valence-corrected chi connectivity index (χ0v) is 21.0. The van der Waals surface area contributed by atoms with E-state index in [9.17, 15) is 13.2 Å². The van der Waals surface area contributed by atoms with Gasteiger partial charge in [0.2, 0.25) is 5.95 Å². The molecule has 2 heterocycles. The molecule has 4 rings (SSSR count). The zero-order chi connectivity index (χ0) is 25.2. The first kappa shape index (κ1) is 24.9. The summed E-state index contributed by atoms with van der Waals surface area (Å²) in [5.74, 6) is 0.841. The number of ether oxygens (including phenoxy) is 1. The quantitative estimate of drug-likeness (QED) is 0.435. The van der Waals surface area contributed by atoms with Crippen molar-refractivity contribution in [2.45, 2.75) is 25.8 Å². The number of hydrogen-bond donors (Lipinski definition) is 3. The largest absolute Gasteiger partial charge is 0.492 e. The lowest BCUT2D eigenvalue weighted by Crippen LogP contribution is -2.51. The molecule has 1 saturated heterocycles. The van der Waals surface area contributed by atoms with Crippen molar-refractivity contribution in [3.63, 3.8) is 0 Å². The van der Waals surface area contributed by atoms with Crippen LogP contribution in [0.4, 0.5) is 23.1 Å². The predicted octanol–water partition coefficient (Wildman–Crippen LogP) is 1.22. The molecule has 4 N–H and O–H groups in total. The monoisotopic (exact) mass is 504 g/mol. The Morgan fingerprint density at radius 3 is 2.54 bits per heavy atom. The van der Waals surface area contributed by atoms with Crippen LogP contribution in [0.1, 0.15) is 30.1 Å². The minimum Gasteiger partial charge on any atom is -0.492 e. The standard InChI is InChI=1S/C22H32N8O4S/c1-4-34-19-13-16(26-22-24-14-17(20(23)31)21(27-22)25-15-5-6-15)7-8-18(19)29-9-11-30(12-10-29)35(32,33)28(2)3/h7-8,13-15H,4-6,9-12H2,1-3H3,(H2,23,31)(H2,24,25,26,27). The zero-order valence-electron chi connectivity index (χ0n) is 20.2. The normalized spacial score (nSPS) is 16.9. The molecule has 2 aliphatic rings. The lowest BCUT2D eigenvalue weighted by atomic mass is 10.2. The fraction of sp³-hybridized carbons (Fsp3) is 0.500. The van der Waals surface area contributed by atoms with Crippen LogP contribution in [0.3, 0.4) is 0 Å². The van der Waals surface area contributed by atoms with Crippen molar-refractivity contribution in [3.8, 4) is 5.75 Å². The van der Waals surface area contributed by atoms with Gasteiger partial charge in [-0.3, -0.25) is 4.79 Å². The van der Waals surface area contributed by atoms with E-state index in [4.69, 9.17) is 10.5 Å². The van der Waals surface area contributed by atoms with E-state index < -0.39 is 16.1 Å². The smallest absolute Gasteiger partial charge is 0.281 e. The number of carbonyl (C=O) groups excluding carboxylic acids is 1. The first-order chi connectivity index (χ1) is 16.7. The van der Waals surface area contributed by atoms with E-state index in [2.05, 4.69) is 25.5 Å². The third-order valence-corrected chi connectivity index (χ3v) is 7.80. The van der Waals surface area contributed by atoms with Crippen molar-refractivity contribution in [3.05, 3.63) is 30.0 Å². The molecule has 35 heavy (non-hydrogen) atoms. The second-order valence-electron chi connectivity index (χ2n) is 8.66. The van der Waals surface area contributed by atoms with Crippen molar-refractivity contribution in [2.75, 3.05) is 62.4 Å². The average Bonchev–Trinajstić information content (AvgIpc) is 3.63. The molecule has 0 unspecified atom stereocenters. The summed E-state index contributed by atoms with van der Waals surface area (Å²) in [6.07, 6.45) is 3.47. The first-order valence-electron chi connectivity index (χ1n) is 11.6. The van der Waals surface area contributed by atoms with Crippen molar-refractivity contribution >= 4 is 39.3 Å². The molecule has 190 valence electrons. The van der Waals surface area contributed by atoms with Gasteiger partial charge in [-0.05, 0) is 31.9 Å². The van der Waals surface area contributed by atoms with Gasteiger partial charge in [-0.1, -0.05) is 0 Å². The van der Waals surface area contributed by atoms with E-state index in [0.29, 0.717) is 56.3 Å². The average molecular weight is 505 g/mol. The van der Waals surface area contributed by atoms with E-state index in [0.717, 1.165) is 24.2 Å². The minimum absolute atomic E-state index is 0.253. The number of nitrogens with zero attached hydrogens (tertiary/aromatic N) is 5. The maximum atomic E-state index is 12.4. The van der Waals surface area contributed by atoms with Gasteiger partial charge in [0.15, 0.2) is 0 Å². The lowest BCUT2D eigenvalue weighted by molar-refractivity contribution is 0.100. The van der Waals surface area contributed by atoms with Crippen LogP contribution in [0, 0.1) is 0 Å². The summed E-state index contributed by atoms with van der Waals surface area (Å²) < 4.78 is 33.5. The maximum absolute atomic E-state index is 12.4. The summed E-state index contributed by atoms with van der Waals surface area (Å²) in [5, 5.41) is 6.39. The molecule has 0 radical (unpaired) electrons. The molecule has 12 nitrogen and oxygen atoms in total. The fourth-order valence-corrected chi connectivity index (χ4v) is 4.88. The number of primary amides is 1. The molecule has 2 aromatic rings. The summed E-state index contributed by atoms with van der Waals surface area (Å²) in [5.41, 5.74) is 7.32. The lowest BCUT2D eigenvalue weighted by Gasteiger charge is -2.37. The fourth-order valence-electron chi connectivity index (χ4n) is 3.80. The van der Waals surface area contributed by atoms with Gasteiger partial charge in [-0.25, -0.2) is 4.98 Å². The van der Waals surface area contributed by atoms with Crippen LogP contribution in [0.2, 0.25) is 0 Å². The molecule has 1 amide bonds. The maximum Gasteiger partial charge on any atom is 0.281 e. The Balaban J connectivity index is 1.51. The van der Waals surface area contributed by atoms with Gasteiger partial charge in [-0.2, -0.15) is 22.0 Å². The second-order valence-corrected chi connectivity index (χ2v) is 10.8. The molecule has 0 spiro atoms. The predicted molar refractivity (Wildman–Crippen MR) is 134 cm³/mol. The van der Waals surface area contributed by atoms with Gasteiger partial charge in [0.25, 0.3) is 16.1 Å². The van der Waals surface area contributed by atoms with Crippen LogP contribution in [0.25, 0.3) is 0 Å². The van der Waals surface area contributed by atoms with E-state index in [1.807, 2.05) is 25.1 Å². The number of anilines is 4. The molecule has 0 atom stereocenters. The van der Waals surface area contributed by atoms with Crippen LogP contribution in [0.5, 0.6) is 5.75 Å². The molecule has 2 fully saturated rings. The number of nitrogens with one attached hydrogen (secondary N) is 2. The van der Waals surface area contributed by atoms with Crippen molar-refractivity contribution in [1.29, 1.82) is 0 Å². The highest BCUT2D eigenvalue weighted by Gasteiger charge is 2.29. The van der Waals surface area contributed by atoms with Crippen LogP contribution >= 0.6 is 0 Å². The highest BCUT2D eigenvalue weighted by Crippen LogP contribution is 2.34. The Bertz CT molecular complexity index is 1180. The van der Waals surface area contributed by atoms with Gasteiger partial charge < -0.3 is 26.0 Å².